The second-order valence-electron chi connectivity index (χ2n) is 8.61. The van der Waals surface area contributed by atoms with Gasteiger partial charge in [0.1, 0.15) is 0 Å². The summed E-state index contributed by atoms with van der Waals surface area (Å²) in [7, 11) is 0. The molecule has 0 radical (unpaired) electrons. The van der Waals surface area contributed by atoms with Crippen LogP contribution in [0.25, 0.3) is 0 Å². The molecule has 0 aromatic heterocycles. The quantitative estimate of drug-likeness (QED) is 0.770. The van der Waals surface area contributed by atoms with E-state index in [9.17, 15) is 18.4 Å². The summed E-state index contributed by atoms with van der Waals surface area (Å²) in [6.07, 6.45) is 1.10. The minimum absolute atomic E-state index is 0.00565. The van der Waals surface area contributed by atoms with Gasteiger partial charge in [0.2, 0.25) is 11.8 Å². The number of carbonyl (C=O) groups excluding carboxylic acids is 2. The van der Waals surface area contributed by atoms with Gasteiger partial charge >= 0.3 is 0 Å². The molecule has 2 aromatic rings. The molecular weight excluding hydrogens is 400 g/mol. The number of aryl methyl sites for hydroxylation is 1. The van der Waals surface area contributed by atoms with E-state index in [1.807, 2.05) is 36.1 Å². The number of hydrogen-bond donors (Lipinski definition) is 1. The van der Waals surface area contributed by atoms with Crippen LogP contribution in [-0.4, -0.2) is 42.9 Å². The summed E-state index contributed by atoms with van der Waals surface area (Å²) in [4.78, 5) is 28.7. The first-order chi connectivity index (χ1) is 14.9. The Labute approximate surface area is 181 Å². The molecule has 2 saturated heterocycles. The van der Waals surface area contributed by atoms with E-state index in [1.54, 1.807) is 11.0 Å². The van der Waals surface area contributed by atoms with E-state index in [1.165, 1.54) is 11.6 Å². The van der Waals surface area contributed by atoms with E-state index in [0.717, 1.165) is 24.6 Å². The van der Waals surface area contributed by atoms with Crippen molar-refractivity contribution in [2.45, 2.75) is 26.3 Å². The minimum atomic E-state index is -0.853. The lowest BCUT2D eigenvalue weighted by Gasteiger charge is -2.19. The molecule has 2 amide bonds. The third-order valence-corrected chi connectivity index (χ3v) is 6.20. The lowest BCUT2D eigenvalue weighted by atomic mass is 10.1. The fourth-order valence-corrected chi connectivity index (χ4v) is 4.32. The van der Waals surface area contributed by atoms with Gasteiger partial charge in [0, 0.05) is 50.9 Å². The average molecular weight is 427 g/mol. The highest BCUT2D eigenvalue weighted by molar-refractivity contribution is 5.89. The Balaban J connectivity index is 1.25. The maximum Gasteiger partial charge on any atom is 0.225 e. The maximum atomic E-state index is 13.5. The molecule has 1 N–H and O–H groups in total. The molecule has 4 rings (SSSR count). The third-order valence-electron chi connectivity index (χ3n) is 6.20. The number of hydrogen-bond acceptors (Lipinski definition) is 3. The van der Waals surface area contributed by atoms with Gasteiger partial charge < -0.3 is 15.1 Å². The van der Waals surface area contributed by atoms with Crippen molar-refractivity contribution in [3.63, 3.8) is 0 Å². The number of carbonyl (C=O) groups is 2. The Morgan fingerprint density at radius 1 is 1.10 bits per heavy atom. The highest BCUT2D eigenvalue weighted by Crippen LogP contribution is 2.25. The lowest BCUT2D eigenvalue weighted by molar-refractivity contribution is -0.129. The largest absolute Gasteiger partial charge is 0.371 e. The van der Waals surface area contributed by atoms with Gasteiger partial charge in [-0.25, -0.2) is 8.78 Å². The number of benzene rings is 2. The van der Waals surface area contributed by atoms with Crippen LogP contribution in [0.15, 0.2) is 42.5 Å². The van der Waals surface area contributed by atoms with Gasteiger partial charge in [-0.3, -0.25) is 9.59 Å². The lowest BCUT2D eigenvalue weighted by Crippen LogP contribution is -2.36. The van der Waals surface area contributed by atoms with Crippen molar-refractivity contribution < 1.29 is 18.4 Å². The fourth-order valence-electron chi connectivity index (χ4n) is 4.32. The molecule has 0 saturated carbocycles. The van der Waals surface area contributed by atoms with E-state index < -0.39 is 11.6 Å². The van der Waals surface area contributed by atoms with Gasteiger partial charge in [-0.1, -0.05) is 29.8 Å². The summed E-state index contributed by atoms with van der Waals surface area (Å²) < 4.78 is 26.6. The predicted octanol–water partition coefficient (Wildman–Crippen LogP) is 3.26. The number of nitrogens with zero attached hydrogens (tertiary/aromatic N) is 2. The molecule has 31 heavy (non-hydrogen) atoms. The Morgan fingerprint density at radius 3 is 2.61 bits per heavy atom. The zero-order valence-corrected chi connectivity index (χ0v) is 17.6. The number of nitrogens with one attached hydrogen (secondary N) is 1. The van der Waals surface area contributed by atoms with Crippen LogP contribution < -0.4 is 10.2 Å². The Kier molecular flexibility index (Phi) is 6.20. The van der Waals surface area contributed by atoms with Crippen molar-refractivity contribution in [1.82, 2.24) is 10.2 Å². The Bertz CT molecular complexity index is 964. The predicted molar refractivity (Wildman–Crippen MR) is 114 cm³/mol. The minimum Gasteiger partial charge on any atom is -0.371 e. The van der Waals surface area contributed by atoms with Crippen molar-refractivity contribution in [2.75, 3.05) is 31.1 Å². The summed E-state index contributed by atoms with van der Waals surface area (Å²) in [5, 5.41) is 2.99. The van der Waals surface area contributed by atoms with Crippen LogP contribution in [0.4, 0.5) is 14.5 Å². The highest BCUT2D eigenvalue weighted by Gasteiger charge is 2.34. The molecular formula is C24H27F2N3O2. The van der Waals surface area contributed by atoms with Crippen LogP contribution in [-0.2, 0) is 16.1 Å². The Morgan fingerprint density at radius 2 is 1.87 bits per heavy atom. The normalized spacial score (nSPS) is 21.1. The summed E-state index contributed by atoms with van der Waals surface area (Å²) in [6, 6.07) is 12.0. The molecule has 2 unspecified atom stereocenters. The molecule has 2 fully saturated rings. The van der Waals surface area contributed by atoms with Gasteiger partial charge in [-0.15, -0.1) is 0 Å². The van der Waals surface area contributed by atoms with Gasteiger partial charge in [0.25, 0.3) is 0 Å². The molecule has 5 nitrogen and oxygen atoms in total. The monoisotopic (exact) mass is 427 g/mol. The van der Waals surface area contributed by atoms with Crippen molar-refractivity contribution in [2.24, 2.45) is 11.8 Å². The zero-order valence-electron chi connectivity index (χ0n) is 17.6. The van der Waals surface area contributed by atoms with Gasteiger partial charge in [-0.05, 0) is 37.0 Å². The first kappa shape index (κ1) is 21.3. The van der Waals surface area contributed by atoms with Crippen LogP contribution >= 0.6 is 0 Å². The van der Waals surface area contributed by atoms with E-state index in [2.05, 4.69) is 5.32 Å². The second-order valence-corrected chi connectivity index (χ2v) is 8.61. The van der Waals surface area contributed by atoms with Crippen LogP contribution in [0.5, 0.6) is 0 Å². The smallest absolute Gasteiger partial charge is 0.225 e. The van der Waals surface area contributed by atoms with Crippen molar-refractivity contribution in [3.8, 4) is 0 Å². The number of anilines is 1. The fraction of sp³-hybridized carbons (Fsp3) is 0.417. The molecule has 2 atom stereocenters. The van der Waals surface area contributed by atoms with Crippen LogP contribution in [0, 0.1) is 30.4 Å². The number of likely N-dealkylation sites (tertiary alicyclic amines) is 1. The first-order valence-electron chi connectivity index (χ1n) is 10.7. The van der Waals surface area contributed by atoms with Crippen molar-refractivity contribution in [1.29, 1.82) is 0 Å². The second kappa shape index (κ2) is 9.04. The zero-order chi connectivity index (χ0) is 22.0. The maximum absolute atomic E-state index is 13.5. The molecule has 2 aliphatic rings. The van der Waals surface area contributed by atoms with E-state index in [4.69, 9.17) is 0 Å². The molecule has 0 aliphatic carbocycles. The number of rotatable bonds is 6. The standard InChI is InChI=1S/C24H27F2N3O2/c1-16-2-4-17(5-3-16)13-29-15-19(10-23(29)30)24(31)27-12-18-8-9-28(14-18)20-6-7-21(25)22(26)11-20/h2-7,11,18-19H,8-10,12-15H2,1H3,(H,27,31). The molecule has 2 heterocycles. The van der Waals surface area contributed by atoms with E-state index >= 15 is 0 Å². The van der Waals surface area contributed by atoms with Gasteiger partial charge in [0.05, 0.1) is 5.92 Å². The summed E-state index contributed by atoms with van der Waals surface area (Å²) >= 11 is 0. The van der Waals surface area contributed by atoms with Crippen LogP contribution in [0.3, 0.4) is 0 Å². The first-order valence-corrected chi connectivity index (χ1v) is 10.7. The average Bonchev–Trinajstić information content (AvgIpc) is 3.37. The molecule has 7 heteroatoms. The summed E-state index contributed by atoms with van der Waals surface area (Å²) in [6.45, 7) is 4.90. The third kappa shape index (κ3) is 5.03. The van der Waals surface area contributed by atoms with Crippen molar-refractivity contribution in [3.05, 3.63) is 65.2 Å². The van der Waals surface area contributed by atoms with Gasteiger partial charge in [0.15, 0.2) is 11.6 Å². The van der Waals surface area contributed by atoms with E-state index in [-0.39, 0.29) is 30.1 Å². The summed E-state index contributed by atoms with van der Waals surface area (Å²) in [5.41, 5.74) is 2.88. The topological polar surface area (TPSA) is 52.7 Å². The molecule has 164 valence electrons. The molecule has 2 aliphatic heterocycles. The van der Waals surface area contributed by atoms with Crippen LogP contribution in [0.2, 0.25) is 0 Å². The number of halogens is 2. The Hall–Kier alpha value is -2.96. The SMILES string of the molecule is Cc1ccc(CN2CC(C(=O)NCC3CCN(c4ccc(F)c(F)c4)C3)CC2=O)cc1. The van der Waals surface area contributed by atoms with Crippen LogP contribution in [0.1, 0.15) is 24.0 Å². The molecule has 0 spiro atoms. The molecule has 2 aromatic carbocycles. The summed E-state index contributed by atoms with van der Waals surface area (Å²) in [5.74, 6) is -1.89. The van der Waals surface area contributed by atoms with Crippen molar-refractivity contribution >= 4 is 17.5 Å². The molecule has 0 bridgehead atoms. The van der Waals surface area contributed by atoms with E-state index in [0.29, 0.717) is 31.9 Å². The van der Waals surface area contributed by atoms with Gasteiger partial charge in [-0.2, -0.15) is 0 Å². The number of amides is 2. The highest BCUT2D eigenvalue weighted by atomic mass is 19.2.